The highest BCUT2D eigenvalue weighted by atomic mass is 32.1. The van der Waals surface area contributed by atoms with Crippen molar-refractivity contribution < 1.29 is 19.1 Å². The normalized spacial score (nSPS) is 15.2. The Balaban J connectivity index is 1.68. The molecule has 1 unspecified atom stereocenters. The number of hydrogen-bond donors (Lipinski definition) is 1. The summed E-state index contributed by atoms with van der Waals surface area (Å²) in [5.41, 5.74) is 0.617. The van der Waals surface area contributed by atoms with Crippen molar-refractivity contribution in [3.63, 3.8) is 0 Å². The van der Waals surface area contributed by atoms with Crippen LogP contribution < -0.4 is 10.1 Å². The van der Waals surface area contributed by atoms with Gasteiger partial charge in [0.2, 0.25) is 5.91 Å². The second kappa shape index (κ2) is 11.1. The smallest absolute Gasteiger partial charge is 0.262 e. The summed E-state index contributed by atoms with van der Waals surface area (Å²) >= 11 is 1.36. The SMILES string of the molecule is CCN(CC)C(=O)C(NC(=O)c1cccs1)C1CCN(C(=O)c2ccc(OC)cc2)CC1. The number of ether oxygens (including phenoxy) is 1. The Bertz CT molecular complexity index is 902. The van der Waals surface area contributed by atoms with Crippen molar-refractivity contribution in [3.8, 4) is 5.75 Å². The largest absolute Gasteiger partial charge is 0.497 e. The Morgan fingerprint density at radius 2 is 1.78 bits per heavy atom. The van der Waals surface area contributed by atoms with E-state index >= 15 is 0 Å². The highest BCUT2D eigenvalue weighted by Crippen LogP contribution is 2.25. The molecule has 3 amide bonds. The number of nitrogens with one attached hydrogen (secondary N) is 1. The average Bonchev–Trinajstić information content (AvgIpc) is 3.38. The van der Waals surface area contributed by atoms with E-state index in [0.29, 0.717) is 55.2 Å². The first-order valence-electron chi connectivity index (χ1n) is 11.0. The summed E-state index contributed by atoms with van der Waals surface area (Å²) in [5.74, 6) is 0.383. The van der Waals surface area contributed by atoms with Crippen LogP contribution in [0.4, 0.5) is 0 Å². The molecule has 1 atom stereocenters. The van der Waals surface area contributed by atoms with Crippen molar-refractivity contribution in [2.75, 3.05) is 33.3 Å². The van der Waals surface area contributed by atoms with Crippen molar-refractivity contribution in [1.29, 1.82) is 0 Å². The number of thiophene rings is 1. The lowest BCUT2D eigenvalue weighted by molar-refractivity contribution is -0.134. The molecule has 3 rings (SSSR count). The van der Waals surface area contributed by atoms with Gasteiger partial charge in [0.25, 0.3) is 11.8 Å². The molecule has 0 spiro atoms. The number of methoxy groups -OCH3 is 1. The molecule has 1 N–H and O–H groups in total. The molecule has 32 heavy (non-hydrogen) atoms. The molecular weight excluding hydrogens is 426 g/mol. The Morgan fingerprint density at radius 1 is 1.12 bits per heavy atom. The van der Waals surface area contributed by atoms with Gasteiger partial charge in [-0.3, -0.25) is 14.4 Å². The third-order valence-corrected chi connectivity index (χ3v) is 6.88. The molecular formula is C24H31N3O4S. The van der Waals surface area contributed by atoms with Crippen LogP contribution in [0.25, 0.3) is 0 Å². The molecule has 0 bridgehead atoms. The molecule has 0 aliphatic carbocycles. The van der Waals surface area contributed by atoms with Gasteiger partial charge < -0.3 is 19.9 Å². The zero-order valence-corrected chi connectivity index (χ0v) is 19.7. The molecule has 0 radical (unpaired) electrons. The summed E-state index contributed by atoms with van der Waals surface area (Å²) in [7, 11) is 1.59. The fraction of sp³-hybridized carbons (Fsp3) is 0.458. The van der Waals surface area contributed by atoms with Crippen molar-refractivity contribution in [2.45, 2.75) is 32.7 Å². The van der Waals surface area contributed by atoms with Gasteiger partial charge in [-0.25, -0.2) is 0 Å². The molecule has 1 saturated heterocycles. The van der Waals surface area contributed by atoms with E-state index in [-0.39, 0.29) is 23.6 Å². The topological polar surface area (TPSA) is 79.0 Å². The third-order valence-electron chi connectivity index (χ3n) is 6.01. The highest BCUT2D eigenvalue weighted by Gasteiger charge is 2.35. The summed E-state index contributed by atoms with van der Waals surface area (Å²) in [5, 5.41) is 4.84. The van der Waals surface area contributed by atoms with Crippen LogP contribution in [0, 0.1) is 5.92 Å². The van der Waals surface area contributed by atoms with Crippen molar-refractivity contribution in [1.82, 2.24) is 15.1 Å². The minimum Gasteiger partial charge on any atom is -0.497 e. The number of hydrogen-bond acceptors (Lipinski definition) is 5. The average molecular weight is 458 g/mol. The Morgan fingerprint density at radius 3 is 2.31 bits per heavy atom. The van der Waals surface area contributed by atoms with E-state index in [1.807, 2.05) is 30.2 Å². The molecule has 1 aromatic carbocycles. The number of nitrogens with zero attached hydrogens (tertiary/aromatic N) is 2. The molecule has 2 heterocycles. The quantitative estimate of drug-likeness (QED) is 0.660. The molecule has 8 heteroatoms. The molecule has 1 aromatic heterocycles. The molecule has 1 aliphatic heterocycles. The zero-order chi connectivity index (χ0) is 23.1. The number of likely N-dealkylation sites (N-methyl/N-ethyl adjacent to an activating group) is 1. The van der Waals surface area contributed by atoms with Gasteiger partial charge in [-0.1, -0.05) is 6.07 Å². The van der Waals surface area contributed by atoms with E-state index in [1.165, 1.54) is 11.3 Å². The minimum absolute atomic E-state index is 0.0214. The lowest BCUT2D eigenvalue weighted by Crippen LogP contribution is -2.54. The Kier molecular flexibility index (Phi) is 8.27. The second-order valence-electron chi connectivity index (χ2n) is 7.80. The van der Waals surface area contributed by atoms with E-state index in [1.54, 1.807) is 42.3 Å². The maximum absolute atomic E-state index is 13.2. The lowest BCUT2D eigenvalue weighted by atomic mass is 9.88. The third kappa shape index (κ3) is 5.48. The van der Waals surface area contributed by atoms with Gasteiger partial charge in [0.1, 0.15) is 11.8 Å². The van der Waals surface area contributed by atoms with Gasteiger partial charge in [-0.05, 0) is 68.3 Å². The van der Waals surface area contributed by atoms with Crippen LogP contribution in [-0.4, -0.2) is 66.9 Å². The Hall–Kier alpha value is -2.87. The van der Waals surface area contributed by atoms with Gasteiger partial charge in [-0.15, -0.1) is 11.3 Å². The number of amides is 3. The number of carbonyl (C=O) groups is 3. The molecule has 0 saturated carbocycles. The van der Waals surface area contributed by atoms with Crippen LogP contribution in [-0.2, 0) is 4.79 Å². The Labute approximate surface area is 193 Å². The van der Waals surface area contributed by atoms with Crippen molar-refractivity contribution in [3.05, 3.63) is 52.2 Å². The van der Waals surface area contributed by atoms with E-state index in [0.717, 1.165) is 0 Å². The van der Waals surface area contributed by atoms with E-state index in [9.17, 15) is 14.4 Å². The van der Waals surface area contributed by atoms with E-state index in [2.05, 4.69) is 5.32 Å². The fourth-order valence-electron chi connectivity index (χ4n) is 4.09. The van der Waals surface area contributed by atoms with Crippen molar-refractivity contribution in [2.24, 2.45) is 5.92 Å². The maximum Gasteiger partial charge on any atom is 0.262 e. The molecule has 2 aromatic rings. The fourth-order valence-corrected chi connectivity index (χ4v) is 4.71. The van der Waals surface area contributed by atoms with Crippen LogP contribution >= 0.6 is 11.3 Å². The summed E-state index contributed by atoms with van der Waals surface area (Å²) in [6.07, 6.45) is 1.31. The predicted molar refractivity (Wildman–Crippen MR) is 125 cm³/mol. The summed E-state index contributed by atoms with van der Waals surface area (Å²) in [4.78, 5) is 43.0. The van der Waals surface area contributed by atoms with Crippen LogP contribution in [0.5, 0.6) is 5.75 Å². The van der Waals surface area contributed by atoms with Gasteiger partial charge in [0, 0.05) is 31.7 Å². The molecule has 1 fully saturated rings. The summed E-state index contributed by atoms with van der Waals surface area (Å²) in [6.45, 7) is 6.16. The predicted octanol–water partition coefficient (Wildman–Crippen LogP) is 3.28. The number of benzene rings is 1. The highest BCUT2D eigenvalue weighted by molar-refractivity contribution is 7.12. The zero-order valence-electron chi connectivity index (χ0n) is 18.9. The maximum atomic E-state index is 13.2. The first kappa shape index (κ1) is 23.8. The van der Waals surface area contributed by atoms with Gasteiger partial charge in [0.05, 0.1) is 12.0 Å². The molecule has 7 nitrogen and oxygen atoms in total. The standard InChI is InChI=1S/C24H31N3O4S/c1-4-26(5-2)24(30)21(25-22(28)20-7-6-16-32-20)17-12-14-27(15-13-17)23(29)18-8-10-19(31-3)11-9-18/h6-11,16-17,21H,4-5,12-15H2,1-3H3,(H,25,28). The lowest BCUT2D eigenvalue weighted by Gasteiger charge is -2.37. The second-order valence-corrected chi connectivity index (χ2v) is 8.74. The number of carbonyl (C=O) groups excluding carboxylic acids is 3. The monoisotopic (exact) mass is 457 g/mol. The first-order chi connectivity index (χ1) is 15.5. The van der Waals surface area contributed by atoms with Crippen LogP contribution in [0.15, 0.2) is 41.8 Å². The van der Waals surface area contributed by atoms with Gasteiger partial charge >= 0.3 is 0 Å². The molecule has 172 valence electrons. The van der Waals surface area contributed by atoms with Crippen LogP contribution in [0.1, 0.15) is 46.7 Å². The number of rotatable bonds is 8. The van der Waals surface area contributed by atoms with Crippen molar-refractivity contribution >= 4 is 29.1 Å². The summed E-state index contributed by atoms with van der Waals surface area (Å²) in [6, 6.07) is 10.1. The number of likely N-dealkylation sites (tertiary alicyclic amines) is 1. The molecule has 1 aliphatic rings. The summed E-state index contributed by atoms with van der Waals surface area (Å²) < 4.78 is 5.16. The van der Waals surface area contributed by atoms with Gasteiger partial charge in [0.15, 0.2) is 0 Å². The number of piperidine rings is 1. The van der Waals surface area contributed by atoms with Crippen LogP contribution in [0.2, 0.25) is 0 Å². The minimum atomic E-state index is -0.595. The van der Waals surface area contributed by atoms with Gasteiger partial charge in [-0.2, -0.15) is 0 Å². The van der Waals surface area contributed by atoms with E-state index < -0.39 is 6.04 Å². The van der Waals surface area contributed by atoms with E-state index in [4.69, 9.17) is 4.74 Å². The van der Waals surface area contributed by atoms with Crippen LogP contribution in [0.3, 0.4) is 0 Å². The first-order valence-corrected chi connectivity index (χ1v) is 11.9.